The summed E-state index contributed by atoms with van der Waals surface area (Å²) in [4.78, 5) is 30.8. The number of ether oxygens (including phenoxy) is 1. The summed E-state index contributed by atoms with van der Waals surface area (Å²) < 4.78 is 5.39. The highest BCUT2D eigenvalue weighted by molar-refractivity contribution is 5.86. The van der Waals surface area contributed by atoms with Crippen LogP contribution in [0.4, 0.5) is 4.79 Å². The highest BCUT2D eigenvalue weighted by atomic mass is 16.6. The van der Waals surface area contributed by atoms with Crippen molar-refractivity contribution >= 4 is 12.0 Å². The lowest BCUT2D eigenvalue weighted by Crippen LogP contribution is -2.59. The van der Waals surface area contributed by atoms with Gasteiger partial charge in [-0.05, 0) is 43.7 Å². The zero-order chi connectivity index (χ0) is 20.4. The molecule has 2 aliphatic heterocycles. The van der Waals surface area contributed by atoms with Crippen molar-refractivity contribution < 1.29 is 19.4 Å². The molecule has 29 heavy (non-hydrogen) atoms. The second kappa shape index (κ2) is 8.32. The number of piperidine rings is 1. The highest BCUT2D eigenvalue weighted by Gasteiger charge is 2.51. The fourth-order valence-corrected chi connectivity index (χ4v) is 4.49. The summed E-state index contributed by atoms with van der Waals surface area (Å²) >= 11 is 0. The van der Waals surface area contributed by atoms with E-state index in [2.05, 4.69) is 4.90 Å². The first kappa shape index (κ1) is 20.2. The molecule has 7 heteroatoms. The summed E-state index contributed by atoms with van der Waals surface area (Å²) in [6.07, 6.45) is 2.69. The lowest BCUT2D eigenvalue weighted by Gasteiger charge is -2.40. The zero-order valence-corrected chi connectivity index (χ0v) is 17.1. The topological polar surface area (TPSA) is 73.3 Å². The van der Waals surface area contributed by atoms with Crippen LogP contribution in [0.5, 0.6) is 0 Å². The van der Waals surface area contributed by atoms with E-state index in [1.54, 1.807) is 6.92 Å². The third-order valence-electron chi connectivity index (χ3n) is 6.83. The number of likely N-dealkylation sites (tertiary alicyclic amines) is 1. The molecule has 1 aliphatic carbocycles. The van der Waals surface area contributed by atoms with Gasteiger partial charge in [0.2, 0.25) is 5.91 Å². The predicted molar refractivity (Wildman–Crippen MR) is 108 cm³/mol. The lowest BCUT2D eigenvalue weighted by atomic mass is 9.90. The van der Waals surface area contributed by atoms with Crippen LogP contribution in [-0.2, 0) is 16.1 Å². The van der Waals surface area contributed by atoms with E-state index in [1.807, 2.05) is 35.2 Å². The number of carbonyl (C=O) groups excluding carboxylic acids is 2. The summed E-state index contributed by atoms with van der Waals surface area (Å²) in [5.74, 6) is -0.0378. The van der Waals surface area contributed by atoms with Crippen LogP contribution in [-0.4, -0.2) is 83.2 Å². The first-order chi connectivity index (χ1) is 14.0. The average Bonchev–Trinajstić information content (AvgIpc) is 3.51. The van der Waals surface area contributed by atoms with E-state index in [-0.39, 0.29) is 24.0 Å². The Morgan fingerprint density at radius 1 is 1.14 bits per heavy atom. The SMILES string of the molecule is C[C@H]1C(=O)N(CCN2CCC3(CC3)[C@H](O)C2)CCN1C(=O)OCc1ccccc1. The van der Waals surface area contributed by atoms with Gasteiger partial charge in [0.05, 0.1) is 6.10 Å². The third-order valence-corrected chi connectivity index (χ3v) is 6.83. The number of β-amino-alcohol motifs (C(OH)–C–C–N with tert-alkyl or cyclic N) is 1. The van der Waals surface area contributed by atoms with Crippen molar-refractivity contribution in [2.24, 2.45) is 5.41 Å². The molecule has 2 heterocycles. The van der Waals surface area contributed by atoms with E-state index in [1.165, 1.54) is 4.90 Å². The van der Waals surface area contributed by atoms with E-state index in [0.29, 0.717) is 26.2 Å². The molecule has 2 atom stereocenters. The van der Waals surface area contributed by atoms with Crippen LogP contribution in [0.25, 0.3) is 0 Å². The molecular formula is C22H31N3O4. The normalized spacial score (nSPS) is 26.6. The van der Waals surface area contributed by atoms with Gasteiger partial charge in [-0.2, -0.15) is 0 Å². The summed E-state index contributed by atoms with van der Waals surface area (Å²) in [6.45, 7) is 6.07. The number of hydrogen-bond acceptors (Lipinski definition) is 5. The Balaban J connectivity index is 1.23. The van der Waals surface area contributed by atoms with Gasteiger partial charge in [0, 0.05) is 32.7 Å². The molecule has 1 aromatic rings. The Hall–Kier alpha value is -2.12. The van der Waals surface area contributed by atoms with Crippen LogP contribution in [0, 0.1) is 5.41 Å². The molecular weight excluding hydrogens is 370 g/mol. The van der Waals surface area contributed by atoms with Crippen LogP contribution in [0.15, 0.2) is 30.3 Å². The van der Waals surface area contributed by atoms with Gasteiger partial charge in [-0.1, -0.05) is 30.3 Å². The van der Waals surface area contributed by atoms with Gasteiger partial charge in [0.1, 0.15) is 12.6 Å². The number of carbonyl (C=O) groups is 2. The molecule has 158 valence electrons. The number of nitrogens with zero attached hydrogens (tertiary/aromatic N) is 3. The quantitative estimate of drug-likeness (QED) is 0.813. The summed E-state index contributed by atoms with van der Waals surface area (Å²) in [5, 5.41) is 10.3. The van der Waals surface area contributed by atoms with Gasteiger partial charge in [-0.15, -0.1) is 0 Å². The van der Waals surface area contributed by atoms with Gasteiger partial charge in [0.25, 0.3) is 0 Å². The number of piperazine rings is 1. The maximum atomic E-state index is 12.8. The van der Waals surface area contributed by atoms with Gasteiger partial charge < -0.3 is 14.7 Å². The van der Waals surface area contributed by atoms with Gasteiger partial charge in [0.15, 0.2) is 0 Å². The zero-order valence-electron chi connectivity index (χ0n) is 17.1. The van der Waals surface area contributed by atoms with E-state index in [4.69, 9.17) is 4.74 Å². The van der Waals surface area contributed by atoms with Crippen molar-refractivity contribution in [1.29, 1.82) is 0 Å². The summed E-state index contributed by atoms with van der Waals surface area (Å²) in [5.41, 5.74) is 1.13. The molecule has 1 saturated carbocycles. The molecule has 1 aromatic carbocycles. The largest absolute Gasteiger partial charge is 0.445 e. The van der Waals surface area contributed by atoms with Gasteiger partial charge >= 0.3 is 6.09 Å². The van der Waals surface area contributed by atoms with Crippen molar-refractivity contribution in [3.8, 4) is 0 Å². The molecule has 7 nitrogen and oxygen atoms in total. The predicted octanol–water partition coefficient (Wildman–Crippen LogP) is 1.70. The maximum Gasteiger partial charge on any atom is 0.410 e. The number of benzene rings is 1. The van der Waals surface area contributed by atoms with Crippen LogP contribution in [0.2, 0.25) is 0 Å². The molecule has 1 spiro atoms. The Morgan fingerprint density at radius 3 is 2.59 bits per heavy atom. The monoisotopic (exact) mass is 401 g/mol. The number of aliphatic hydroxyl groups excluding tert-OH is 1. The van der Waals surface area contributed by atoms with E-state index < -0.39 is 12.1 Å². The summed E-state index contributed by atoms with van der Waals surface area (Å²) in [7, 11) is 0. The molecule has 3 fully saturated rings. The summed E-state index contributed by atoms with van der Waals surface area (Å²) in [6, 6.07) is 9.01. The molecule has 0 bridgehead atoms. The molecule has 0 aromatic heterocycles. The molecule has 1 N–H and O–H groups in total. The molecule has 0 unspecified atom stereocenters. The van der Waals surface area contributed by atoms with Crippen LogP contribution in [0.1, 0.15) is 31.7 Å². The van der Waals surface area contributed by atoms with Crippen molar-refractivity contribution in [3.63, 3.8) is 0 Å². The Bertz CT molecular complexity index is 737. The minimum atomic E-state index is -0.520. The Kier molecular flexibility index (Phi) is 5.79. The minimum absolute atomic E-state index is 0.0378. The van der Waals surface area contributed by atoms with Crippen molar-refractivity contribution in [2.45, 2.75) is 44.9 Å². The minimum Gasteiger partial charge on any atom is -0.445 e. The number of hydrogen-bond donors (Lipinski definition) is 1. The second-order valence-corrected chi connectivity index (χ2v) is 8.66. The fraction of sp³-hybridized carbons (Fsp3) is 0.636. The molecule has 0 radical (unpaired) electrons. The molecule has 4 rings (SSSR count). The van der Waals surface area contributed by atoms with Crippen LogP contribution < -0.4 is 0 Å². The third kappa shape index (κ3) is 4.41. The smallest absolute Gasteiger partial charge is 0.410 e. The van der Waals surface area contributed by atoms with Crippen LogP contribution in [0.3, 0.4) is 0 Å². The fourth-order valence-electron chi connectivity index (χ4n) is 4.49. The first-order valence-corrected chi connectivity index (χ1v) is 10.6. The maximum absolute atomic E-state index is 12.8. The van der Waals surface area contributed by atoms with Crippen molar-refractivity contribution in [2.75, 3.05) is 39.3 Å². The van der Waals surface area contributed by atoms with Gasteiger partial charge in [-0.25, -0.2) is 4.79 Å². The first-order valence-electron chi connectivity index (χ1n) is 10.6. The molecule has 2 amide bonds. The van der Waals surface area contributed by atoms with Crippen LogP contribution >= 0.6 is 0 Å². The Labute approximate surface area is 172 Å². The number of amides is 2. The number of aliphatic hydroxyl groups is 1. The highest BCUT2D eigenvalue weighted by Crippen LogP contribution is 2.53. The molecule has 3 aliphatic rings. The second-order valence-electron chi connectivity index (χ2n) is 8.66. The number of rotatable bonds is 5. The van der Waals surface area contributed by atoms with E-state index >= 15 is 0 Å². The standard InChI is InChI=1S/C22H31N3O4/c1-17-20(27)24(12-11-23-10-9-22(7-8-22)19(26)15-23)13-14-25(17)21(28)29-16-18-5-3-2-4-6-18/h2-6,17,19,26H,7-16H2,1H3/t17-,19+/m0/s1. The lowest BCUT2D eigenvalue weighted by molar-refractivity contribution is -0.140. The van der Waals surface area contributed by atoms with E-state index in [0.717, 1.165) is 37.9 Å². The van der Waals surface area contributed by atoms with Crippen molar-refractivity contribution in [1.82, 2.24) is 14.7 Å². The molecule has 2 saturated heterocycles. The van der Waals surface area contributed by atoms with Gasteiger partial charge in [-0.3, -0.25) is 14.6 Å². The Morgan fingerprint density at radius 2 is 1.90 bits per heavy atom. The van der Waals surface area contributed by atoms with Crippen molar-refractivity contribution in [3.05, 3.63) is 35.9 Å². The average molecular weight is 402 g/mol. The van der Waals surface area contributed by atoms with E-state index in [9.17, 15) is 14.7 Å².